The second-order valence-corrected chi connectivity index (χ2v) is 10.1. The SMILES string of the molecule is Cc1nc2ccc(/C(=C/S(C)(=O)=O)c3cccc(F)c3F)cc2n1S(C)(=O)=O. The molecule has 0 radical (unpaired) electrons. The number of imidazole rings is 1. The van der Waals surface area contributed by atoms with E-state index in [0.717, 1.165) is 28.0 Å². The van der Waals surface area contributed by atoms with E-state index < -0.39 is 31.5 Å². The van der Waals surface area contributed by atoms with Crippen LogP contribution in [-0.2, 0) is 19.9 Å². The van der Waals surface area contributed by atoms with E-state index >= 15 is 0 Å². The van der Waals surface area contributed by atoms with Gasteiger partial charge in [0.05, 0.1) is 17.3 Å². The van der Waals surface area contributed by atoms with Crippen molar-refractivity contribution in [1.82, 2.24) is 8.96 Å². The van der Waals surface area contributed by atoms with Crippen molar-refractivity contribution < 1.29 is 25.6 Å². The largest absolute Gasteiger partial charge is 0.237 e. The van der Waals surface area contributed by atoms with Gasteiger partial charge >= 0.3 is 0 Å². The lowest BCUT2D eigenvalue weighted by Crippen LogP contribution is -2.11. The van der Waals surface area contributed by atoms with E-state index in [-0.39, 0.29) is 28.0 Å². The first-order chi connectivity index (χ1) is 12.9. The van der Waals surface area contributed by atoms with Crippen molar-refractivity contribution in [2.24, 2.45) is 0 Å². The summed E-state index contributed by atoms with van der Waals surface area (Å²) in [5, 5.41) is 0.819. The normalized spacial score (nSPS) is 13.2. The number of rotatable bonds is 4. The third-order valence-corrected chi connectivity index (χ3v) is 5.77. The first kappa shape index (κ1) is 20.2. The van der Waals surface area contributed by atoms with Gasteiger partial charge in [-0.2, -0.15) is 0 Å². The molecular formula is C18H16F2N2O4S2. The molecule has 0 saturated carbocycles. The number of benzene rings is 2. The Morgan fingerprint density at radius 3 is 2.36 bits per heavy atom. The Hall–Kier alpha value is -2.59. The molecule has 10 heteroatoms. The Kier molecular flexibility index (Phi) is 4.88. The molecule has 0 spiro atoms. The summed E-state index contributed by atoms with van der Waals surface area (Å²) in [6.45, 7) is 1.51. The van der Waals surface area contributed by atoms with Crippen LogP contribution in [0.5, 0.6) is 0 Å². The summed E-state index contributed by atoms with van der Waals surface area (Å²) in [6, 6.07) is 7.78. The number of sulfone groups is 1. The van der Waals surface area contributed by atoms with Crippen molar-refractivity contribution in [3.05, 3.63) is 70.4 Å². The predicted molar refractivity (Wildman–Crippen MR) is 103 cm³/mol. The van der Waals surface area contributed by atoms with Crippen LogP contribution in [0.25, 0.3) is 16.6 Å². The van der Waals surface area contributed by atoms with Gasteiger partial charge in [0, 0.05) is 22.8 Å². The fraction of sp³-hybridized carbons (Fsp3) is 0.167. The van der Waals surface area contributed by atoms with E-state index in [9.17, 15) is 25.6 Å². The maximum absolute atomic E-state index is 14.4. The van der Waals surface area contributed by atoms with Crippen molar-refractivity contribution in [2.75, 3.05) is 12.5 Å². The van der Waals surface area contributed by atoms with Gasteiger partial charge in [-0.1, -0.05) is 18.2 Å². The highest BCUT2D eigenvalue weighted by Crippen LogP contribution is 2.30. The summed E-state index contributed by atoms with van der Waals surface area (Å²) < 4.78 is 77.1. The molecule has 3 aromatic rings. The Morgan fingerprint density at radius 2 is 1.75 bits per heavy atom. The zero-order valence-corrected chi connectivity index (χ0v) is 16.8. The summed E-state index contributed by atoms with van der Waals surface area (Å²) in [7, 11) is -7.42. The number of fused-ring (bicyclic) bond motifs is 1. The van der Waals surface area contributed by atoms with E-state index in [1.807, 2.05) is 0 Å². The Morgan fingerprint density at radius 1 is 1.07 bits per heavy atom. The fourth-order valence-corrected chi connectivity index (χ4v) is 4.69. The van der Waals surface area contributed by atoms with Gasteiger partial charge in [0.2, 0.25) is 10.0 Å². The number of halogens is 2. The molecule has 0 fully saturated rings. The number of hydrogen-bond acceptors (Lipinski definition) is 5. The lowest BCUT2D eigenvalue weighted by molar-refractivity contribution is 0.506. The minimum absolute atomic E-state index is 0.0969. The Labute approximate surface area is 161 Å². The summed E-state index contributed by atoms with van der Waals surface area (Å²) in [4.78, 5) is 4.17. The van der Waals surface area contributed by atoms with Crippen LogP contribution in [0.2, 0.25) is 0 Å². The first-order valence-corrected chi connectivity index (χ1v) is 11.7. The smallest absolute Gasteiger partial charge is 0.232 e. The Bertz CT molecular complexity index is 1340. The molecule has 0 bridgehead atoms. The van der Waals surface area contributed by atoms with Crippen LogP contribution in [0.15, 0.2) is 41.8 Å². The minimum Gasteiger partial charge on any atom is -0.232 e. The molecule has 0 saturated heterocycles. The van der Waals surface area contributed by atoms with Gasteiger partial charge in [0.15, 0.2) is 21.5 Å². The summed E-state index contributed by atoms with van der Waals surface area (Å²) in [5.74, 6) is -2.11. The van der Waals surface area contributed by atoms with Gasteiger partial charge in [-0.25, -0.2) is 34.6 Å². The van der Waals surface area contributed by atoms with E-state index in [1.165, 1.54) is 37.3 Å². The van der Waals surface area contributed by atoms with E-state index in [4.69, 9.17) is 0 Å². The summed E-state index contributed by atoms with van der Waals surface area (Å²) in [6.07, 6.45) is 1.93. The topological polar surface area (TPSA) is 86.1 Å². The van der Waals surface area contributed by atoms with Crippen molar-refractivity contribution in [3.63, 3.8) is 0 Å². The van der Waals surface area contributed by atoms with Gasteiger partial charge in [-0.15, -0.1) is 0 Å². The van der Waals surface area contributed by atoms with Crippen LogP contribution in [0.4, 0.5) is 8.78 Å². The number of aromatic nitrogens is 2. The molecule has 0 unspecified atom stereocenters. The van der Waals surface area contributed by atoms with Crippen LogP contribution < -0.4 is 0 Å². The lowest BCUT2D eigenvalue weighted by Gasteiger charge is -2.11. The summed E-state index contributed by atoms with van der Waals surface area (Å²) >= 11 is 0. The van der Waals surface area contributed by atoms with Gasteiger partial charge in [0.25, 0.3) is 0 Å². The number of nitrogens with zero attached hydrogens (tertiary/aromatic N) is 2. The maximum Gasteiger partial charge on any atom is 0.237 e. The highest BCUT2D eigenvalue weighted by Gasteiger charge is 2.20. The second kappa shape index (κ2) is 6.78. The van der Waals surface area contributed by atoms with Crippen LogP contribution in [0.3, 0.4) is 0 Å². The zero-order chi connectivity index (χ0) is 20.9. The molecule has 3 rings (SSSR count). The third kappa shape index (κ3) is 3.83. The van der Waals surface area contributed by atoms with Gasteiger partial charge in [-0.3, -0.25) is 0 Å². The third-order valence-electron chi connectivity index (χ3n) is 3.99. The van der Waals surface area contributed by atoms with Crippen LogP contribution in [0.1, 0.15) is 17.0 Å². The molecule has 0 atom stereocenters. The average Bonchev–Trinajstić information content (AvgIpc) is 2.89. The second-order valence-electron chi connectivity index (χ2n) is 6.35. The molecule has 0 aliphatic heterocycles. The molecule has 1 aromatic heterocycles. The molecule has 2 aromatic carbocycles. The average molecular weight is 426 g/mol. The molecular weight excluding hydrogens is 410 g/mol. The standard InChI is InChI=1S/C18H16F2N2O4S2/c1-11-21-16-8-7-12(9-17(16)22(11)28(3,25)26)14(10-27(2,23)24)13-5-4-6-15(19)18(13)20/h4-10H,1-3H3/b14-10-. The predicted octanol–water partition coefficient (Wildman–Crippen LogP) is 2.86. The van der Waals surface area contributed by atoms with Gasteiger partial charge in [-0.05, 0) is 30.7 Å². The highest BCUT2D eigenvalue weighted by molar-refractivity contribution is 7.93. The molecule has 0 aliphatic carbocycles. The zero-order valence-electron chi connectivity index (χ0n) is 15.1. The number of hydrogen-bond donors (Lipinski definition) is 0. The molecule has 28 heavy (non-hydrogen) atoms. The van der Waals surface area contributed by atoms with E-state index in [0.29, 0.717) is 5.52 Å². The monoisotopic (exact) mass is 426 g/mol. The Balaban J connectivity index is 2.38. The van der Waals surface area contributed by atoms with Crippen LogP contribution in [0, 0.1) is 18.6 Å². The van der Waals surface area contributed by atoms with Crippen molar-refractivity contribution in [2.45, 2.75) is 6.92 Å². The maximum atomic E-state index is 14.4. The minimum atomic E-state index is -3.73. The van der Waals surface area contributed by atoms with E-state index in [1.54, 1.807) is 0 Å². The van der Waals surface area contributed by atoms with Crippen LogP contribution in [-0.4, -0.2) is 38.3 Å². The molecule has 1 heterocycles. The quantitative estimate of drug-likeness (QED) is 0.640. The highest BCUT2D eigenvalue weighted by atomic mass is 32.2. The molecule has 6 nitrogen and oxygen atoms in total. The van der Waals surface area contributed by atoms with Crippen molar-refractivity contribution in [1.29, 1.82) is 0 Å². The van der Waals surface area contributed by atoms with Gasteiger partial charge < -0.3 is 0 Å². The molecule has 148 valence electrons. The first-order valence-electron chi connectivity index (χ1n) is 7.94. The summed E-state index contributed by atoms with van der Waals surface area (Å²) in [5.41, 5.74) is 0.415. The fourth-order valence-electron chi connectivity index (χ4n) is 2.97. The molecule has 0 amide bonds. The molecule has 0 aliphatic rings. The van der Waals surface area contributed by atoms with Crippen molar-refractivity contribution in [3.8, 4) is 0 Å². The van der Waals surface area contributed by atoms with Gasteiger partial charge in [0.1, 0.15) is 5.82 Å². The lowest BCUT2D eigenvalue weighted by atomic mass is 9.98. The molecule has 0 N–H and O–H groups in total. The van der Waals surface area contributed by atoms with Crippen LogP contribution >= 0.6 is 0 Å². The van der Waals surface area contributed by atoms with Crippen molar-refractivity contribution >= 4 is 36.5 Å². The number of aryl methyl sites for hydroxylation is 1. The van der Waals surface area contributed by atoms with E-state index in [2.05, 4.69) is 4.98 Å².